The Morgan fingerprint density at radius 1 is 0.875 bits per heavy atom. The zero-order valence-corrected chi connectivity index (χ0v) is 5.65. The Balaban J connectivity index is 2.42. The lowest BCUT2D eigenvalue weighted by Gasteiger charge is -2.57. The van der Waals surface area contributed by atoms with Crippen molar-refractivity contribution in [3.63, 3.8) is 0 Å². The van der Waals surface area contributed by atoms with Crippen LogP contribution in [-0.4, -0.2) is 32.9 Å². The topological polar surface area (TPSA) is 40.5 Å². The molecule has 4 heteroatoms. The van der Waals surface area contributed by atoms with Gasteiger partial charge in [-0.2, -0.15) is 10.5 Å². The van der Waals surface area contributed by atoms with Gasteiger partial charge in [-0.1, -0.05) is 0 Å². The summed E-state index contributed by atoms with van der Waals surface area (Å²) in [5, 5.41) is 16.8. The van der Waals surface area contributed by atoms with E-state index in [-0.39, 0.29) is 10.5 Å². The van der Waals surface area contributed by atoms with Crippen molar-refractivity contribution in [2.45, 2.75) is 22.7 Å². The molecule has 0 aromatic heterocycles. The van der Waals surface area contributed by atoms with E-state index in [4.69, 9.17) is 10.2 Å². The lowest BCUT2D eigenvalue weighted by Crippen LogP contribution is -2.61. The molecule has 2 nitrogen and oxygen atoms in total. The highest BCUT2D eigenvalue weighted by atomic mass is 32.1. The lowest BCUT2D eigenvalue weighted by atomic mass is 9.91. The monoisotopic (exact) mass is 150 g/mol. The maximum Gasteiger partial charge on any atom is 0.0578 e. The standard InChI is InChI=1S/C4H8O2S2/c5-1-2(6)4(8)3(1)7/h1-8H/p-2. The van der Waals surface area contributed by atoms with Crippen molar-refractivity contribution in [3.05, 3.63) is 0 Å². The van der Waals surface area contributed by atoms with Crippen LogP contribution in [0.4, 0.5) is 0 Å². The van der Waals surface area contributed by atoms with Crippen LogP contribution in [0, 0.1) is 0 Å². The van der Waals surface area contributed by atoms with Crippen LogP contribution < -0.4 is 0 Å². The Labute approximate surface area is 58.7 Å². The molecule has 48 valence electrons. The first-order valence-corrected chi connectivity index (χ1v) is 3.26. The third-order valence-corrected chi connectivity index (χ3v) is 2.66. The number of aliphatic hydroxyl groups excluding tert-OH is 2. The van der Waals surface area contributed by atoms with E-state index >= 15 is 0 Å². The third-order valence-electron chi connectivity index (χ3n) is 1.35. The van der Waals surface area contributed by atoms with Crippen molar-refractivity contribution in [2.75, 3.05) is 0 Å². The number of hydrogen-bond acceptors (Lipinski definition) is 4. The summed E-state index contributed by atoms with van der Waals surface area (Å²) in [5.74, 6) is 0. The maximum absolute atomic E-state index is 8.73. The van der Waals surface area contributed by atoms with Gasteiger partial charge < -0.3 is 35.5 Å². The average Bonchev–Trinajstić information content (AvgIpc) is 1.83. The summed E-state index contributed by atoms with van der Waals surface area (Å²) in [5.41, 5.74) is 0. The van der Waals surface area contributed by atoms with E-state index in [0.29, 0.717) is 0 Å². The van der Waals surface area contributed by atoms with Gasteiger partial charge in [0.1, 0.15) is 0 Å². The van der Waals surface area contributed by atoms with Gasteiger partial charge >= 0.3 is 0 Å². The third kappa shape index (κ3) is 0.757. The van der Waals surface area contributed by atoms with Crippen molar-refractivity contribution < 1.29 is 10.2 Å². The fourth-order valence-electron chi connectivity index (χ4n) is 0.632. The minimum Gasteiger partial charge on any atom is -0.788 e. The molecule has 0 radical (unpaired) electrons. The van der Waals surface area contributed by atoms with Gasteiger partial charge in [0, 0.05) is 0 Å². The Kier molecular flexibility index (Phi) is 1.77. The molecule has 0 bridgehead atoms. The van der Waals surface area contributed by atoms with Gasteiger partial charge in [0.15, 0.2) is 0 Å². The van der Waals surface area contributed by atoms with Crippen molar-refractivity contribution in [1.29, 1.82) is 0 Å². The zero-order valence-electron chi connectivity index (χ0n) is 4.02. The minimum absolute atomic E-state index is 0.319. The predicted octanol–water partition coefficient (Wildman–Crippen LogP) is -1.45. The fourth-order valence-corrected chi connectivity index (χ4v) is 1.28. The van der Waals surface area contributed by atoms with Gasteiger partial charge in [-0.05, 0) is 0 Å². The Morgan fingerprint density at radius 3 is 1.25 bits per heavy atom. The summed E-state index contributed by atoms with van der Waals surface area (Å²) < 4.78 is 0. The van der Waals surface area contributed by atoms with Crippen molar-refractivity contribution in [3.8, 4) is 0 Å². The molecule has 4 unspecified atom stereocenters. The summed E-state index contributed by atoms with van der Waals surface area (Å²) >= 11 is 9.35. The number of hydrogen-bond donors (Lipinski definition) is 2. The highest BCUT2D eigenvalue weighted by Crippen LogP contribution is 2.22. The molecule has 4 atom stereocenters. The molecule has 0 aliphatic heterocycles. The number of rotatable bonds is 0. The molecule has 8 heavy (non-hydrogen) atoms. The van der Waals surface area contributed by atoms with Crippen LogP contribution in [0.2, 0.25) is 0 Å². The van der Waals surface area contributed by atoms with Crippen LogP contribution in [0.5, 0.6) is 0 Å². The molecule has 2 N–H and O–H groups in total. The Morgan fingerprint density at radius 2 is 1.12 bits per heavy atom. The average molecular weight is 150 g/mol. The fraction of sp³-hybridized carbons (Fsp3) is 1.00. The van der Waals surface area contributed by atoms with Gasteiger partial charge in [0.05, 0.1) is 12.2 Å². The van der Waals surface area contributed by atoms with Gasteiger partial charge in [0.2, 0.25) is 0 Å². The summed E-state index contributed by atoms with van der Waals surface area (Å²) in [6.07, 6.45) is -1.51. The van der Waals surface area contributed by atoms with Gasteiger partial charge in [-0.25, -0.2) is 0 Å². The molecular formula is C4H6O2S2-2. The minimum atomic E-state index is -0.757. The van der Waals surface area contributed by atoms with Crippen molar-refractivity contribution in [2.24, 2.45) is 0 Å². The first-order valence-electron chi connectivity index (χ1n) is 2.32. The summed E-state index contributed by atoms with van der Waals surface area (Å²) in [7, 11) is 0. The molecule has 0 amide bonds. The Bertz CT molecular complexity index is 66.0. The molecule has 0 aromatic rings. The normalized spacial score (nSPS) is 55.5. The van der Waals surface area contributed by atoms with Crippen LogP contribution in [-0.2, 0) is 25.3 Å². The molecule has 1 aliphatic rings. The van der Waals surface area contributed by atoms with Crippen LogP contribution in [0.1, 0.15) is 0 Å². The predicted molar refractivity (Wildman–Crippen MR) is 34.3 cm³/mol. The van der Waals surface area contributed by atoms with E-state index in [0.717, 1.165) is 0 Å². The largest absolute Gasteiger partial charge is 0.788 e. The highest BCUT2D eigenvalue weighted by molar-refractivity contribution is 7.64. The maximum atomic E-state index is 8.73. The molecule has 0 spiro atoms. The molecule has 1 rings (SSSR count). The van der Waals surface area contributed by atoms with Crippen LogP contribution in [0.15, 0.2) is 0 Å². The molecule has 1 aliphatic carbocycles. The van der Waals surface area contributed by atoms with E-state index in [1.807, 2.05) is 0 Å². The van der Waals surface area contributed by atoms with E-state index in [1.165, 1.54) is 0 Å². The smallest absolute Gasteiger partial charge is 0.0578 e. The second-order valence-corrected chi connectivity index (χ2v) is 3.00. The van der Waals surface area contributed by atoms with Gasteiger partial charge in [-0.15, -0.1) is 0 Å². The summed E-state index contributed by atoms with van der Waals surface area (Å²) in [6, 6.07) is 0. The van der Waals surface area contributed by atoms with Crippen molar-refractivity contribution >= 4 is 25.3 Å². The van der Waals surface area contributed by atoms with Gasteiger partial charge in [-0.3, -0.25) is 0 Å². The van der Waals surface area contributed by atoms with E-state index in [2.05, 4.69) is 25.3 Å². The quantitative estimate of drug-likeness (QED) is 0.415. The van der Waals surface area contributed by atoms with Crippen LogP contribution in [0.3, 0.4) is 0 Å². The zero-order chi connectivity index (χ0) is 6.31. The molecule has 0 saturated heterocycles. The number of aliphatic hydroxyl groups is 2. The van der Waals surface area contributed by atoms with E-state index < -0.39 is 12.2 Å². The Hall–Kier alpha value is 0.620. The van der Waals surface area contributed by atoms with E-state index in [1.54, 1.807) is 0 Å². The van der Waals surface area contributed by atoms with Crippen LogP contribution in [0.25, 0.3) is 0 Å². The molecule has 1 fully saturated rings. The summed E-state index contributed by atoms with van der Waals surface area (Å²) in [6.45, 7) is 0. The first kappa shape index (κ1) is 6.74. The molecule has 1 saturated carbocycles. The van der Waals surface area contributed by atoms with Crippen molar-refractivity contribution in [1.82, 2.24) is 0 Å². The molecule has 0 aromatic carbocycles. The van der Waals surface area contributed by atoms with E-state index in [9.17, 15) is 0 Å². The SMILES string of the molecule is OC1C(O)C([S-])C1[S-]. The molecule has 0 heterocycles. The highest BCUT2D eigenvalue weighted by Gasteiger charge is 2.31. The first-order chi connectivity index (χ1) is 3.64. The lowest BCUT2D eigenvalue weighted by molar-refractivity contribution is -0.0384. The summed E-state index contributed by atoms with van der Waals surface area (Å²) in [4.78, 5) is 0. The second kappa shape index (κ2) is 2.10. The van der Waals surface area contributed by atoms with Crippen LogP contribution >= 0.6 is 0 Å². The van der Waals surface area contributed by atoms with Gasteiger partial charge in [0.25, 0.3) is 0 Å². The molecular weight excluding hydrogens is 144 g/mol. The second-order valence-electron chi connectivity index (χ2n) is 1.91.